The SMILES string of the molecule is CC(C)(C)N(Oc1cccc(N)c1C#N)C(=O)OCc1ccccc1. The van der Waals surface area contributed by atoms with Crippen LogP contribution in [0.2, 0.25) is 0 Å². The predicted octanol–water partition coefficient (Wildman–Crippen LogP) is 3.87. The van der Waals surface area contributed by atoms with E-state index in [4.69, 9.17) is 15.3 Å². The highest BCUT2D eigenvalue weighted by Crippen LogP contribution is 2.27. The van der Waals surface area contributed by atoms with E-state index in [1.807, 2.05) is 36.4 Å². The first kappa shape index (κ1) is 18.1. The van der Waals surface area contributed by atoms with Gasteiger partial charge in [-0.2, -0.15) is 5.26 Å². The van der Waals surface area contributed by atoms with Crippen LogP contribution in [0, 0.1) is 11.3 Å². The Kier molecular flexibility index (Phi) is 5.50. The average Bonchev–Trinajstić information content (AvgIpc) is 2.57. The molecule has 0 unspecified atom stereocenters. The normalized spacial score (nSPS) is 10.6. The van der Waals surface area contributed by atoms with E-state index < -0.39 is 11.6 Å². The minimum atomic E-state index is -0.689. The lowest BCUT2D eigenvalue weighted by Gasteiger charge is -2.33. The largest absolute Gasteiger partial charge is 0.444 e. The van der Waals surface area contributed by atoms with Gasteiger partial charge in [0.05, 0.1) is 11.2 Å². The number of hydroxylamine groups is 2. The Balaban J connectivity index is 2.18. The van der Waals surface area contributed by atoms with Gasteiger partial charge < -0.3 is 15.3 Å². The highest BCUT2D eigenvalue weighted by atomic mass is 16.7. The van der Waals surface area contributed by atoms with Crippen molar-refractivity contribution in [3.63, 3.8) is 0 Å². The number of ether oxygens (including phenoxy) is 1. The van der Waals surface area contributed by atoms with Crippen molar-refractivity contribution in [2.45, 2.75) is 32.9 Å². The van der Waals surface area contributed by atoms with Gasteiger partial charge in [-0.15, -0.1) is 5.06 Å². The molecule has 0 aliphatic carbocycles. The van der Waals surface area contributed by atoms with Crippen LogP contribution in [0.3, 0.4) is 0 Å². The first-order valence-corrected chi connectivity index (χ1v) is 7.80. The van der Waals surface area contributed by atoms with Gasteiger partial charge in [-0.05, 0) is 38.5 Å². The van der Waals surface area contributed by atoms with Gasteiger partial charge in [-0.3, -0.25) is 0 Å². The maximum Gasteiger partial charge on any atom is 0.444 e. The quantitative estimate of drug-likeness (QED) is 0.674. The summed E-state index contributed by atoms with van der Waals surface area (Å²) in [6.07, 6.45) is -0.650. The van der Waals surface area contributed by atoms with Crippen molar-refractivity contribution in [2.75, 3.05) is 5.73 Å². The first-order chi connectivity index (χ1) is 11.8. The summed E-state index contributed by atoms with van der Waals surface area (Å²) in [5.74, 6) is 0.203. The van der Waals surface area contributed by atoms with Crippen LogP contribution >= 0.6 is 0 Å². The summed E-state index contributed by atoms with van der Waals surface area (Å²) in [7, 11) is 0. The van der Waals surface area contributed by atoms with Gasteiger partial charge in [0.2, 0.25) is 0 Å². The minimum Gasteiger partial charge on any atom is -0.442 e. The second kappa shape index (κ2) is 7.58. The van der Waals surface area contributed by atoms with E-state index in [0.717, 1.165) is 10.6 Å². The van der Waals surface area contributed by atoms with E-state index in [2.05, 4.69) is 0 Å². The zero-order valence-electron chi connectivity index (χ0n) is 14.5. The molecule has 0 spiro atoms. The standard InChI is InChI=1S/C19H21N3O3/c1-19(2,3)22(18(23)24-13-14-8-5-4-6-9-14)25-17-11-7-10-16(21)15(17)12-20/h4-11H,13,21H2,1-3H3. The molecule has 0 aliphatic rings. The molecule has 130 valence electrons. The van der Waals surface area contributed by atoms with Crippen LogP contribution in [0.25, 0.3) is 0 Å². The number of rotatable bonds is 4. The van der Waals surface area contributed by atoms with Crippen LogP contribution in [0.5, 0.6) is 5.75 Å². The monoisotopic (exact) mass is 339 g/mol. The molecule has 1 amide bonds. The van der Waals surface area contributed by atoms with E-state index in [1.165, 1.54) is 0 Å². The smallest absolute Gasteiger partial charge is 0.442 e. The molecular weight excluding hydrogens is 318 g/mol. The van der Waals surface area contributed by atoms with Crippen LogP contribution in [0.15, 0.2) is 48.5 Å². The van der Waals surface area contributed by atoms with Crippen LogP contribution < -0.4 is 10.6 Å². The van der Waals surface area contributed by atoms with Gasteiger partial charge in [-0.25, -0.2) is 4.79 Å². The van der Waals surface area contributed by atoms with Crippen molar-refractivity contribution in [1.82, 2.24) is 5.06 Å². The maximum absolute atomic E-state index is 12.5. The van der Waals surface area contributed by atoms with E-state index in [1.54, 1.807) is 39.0 Å². The van der Waals surface area contributed by atoms with Gasteiger partial charge in [0, 0.05) is 0 Å². The molecule has 0 fully saturated rings. The molecule has 0 heterocycles. The lowest BCUT2D eigenvalue weighted by Crippen LogP contribution is -2.48. The molecule has 0 aliphatic heterocycles. The number of amides is 1. The lowest BCUT2D eigenvalue weighted by molar-refractivity contribution is -0.106. The summed E-state index contributed by atoms with van der Waals surface area (Å²) in [6.45, 7) is 5.52. The molecular formula is C19H21N3O3. The van der Waals surface area contributed by atoms with E-state index in [0.29, 0.717) is 0 Å². The molecule has 6 heteroatoms. The van der Waals surface area contributed by atoms with Crippen LogP contribution in [0.1, 0.15) is 31.9 Å². The molecule has 2 rings (SSSR count). The fraction of sp³-hybridized carbons (Fsp3) is 0.263. The molecule has 0 saturated heterocycles. The van der Waals surface area contributed by atoms with Crippen molar-refractivity contribution >= 4 is 11.8 Å². The van der Waals surface area contributed by atoms with E-state index in [9.17, 15) is 10.1 Å². The number of benzene rings is 2. The van der Waals surface area contributed by atoms with Crippen molar-refractivity contribution in [3.05, 3.63) is 59.7 Å². The Morgan fingerprint density at radius 1 is 1.16 bits per heavy atom. The minimum absolute atomic E-state index is 0.123. The number of anilines is 1. The summed E-state index contributed by atoms with van der Waals surface area (Å²) >= 11 is 0. The average molecular weight is 339 g/mol. The maximum atomic E-state index is 12.5. The topological polar surface area (TPSA) is 88.6 Å². The zero-order chi connectivity index (χ0) is 18.4. The third-order valence-electron chi connectivity index (χ3n) is 3.34. The molecule has 0 atom stereocenters. The van der Waals surface area contributed by atoms with Crippen molar-refractivity contribution in [3.8, 4) is 11.8 Å². The lowest BCUT2D eigenvalue weighted by atomic mass is 10.1. The Hall–Kier alpha value is -3.20. The summed E-state index contributed by atoms with van der Waals surface area (Å²) in [5.41, 5.74) is 6.43. The van der Waals surface area contributed by atoms with Gasteiger partial charge in [0.1, 0.15) is 18.2 Å². The Morgan fingerprint density at radius 3 is 2.44 bits per heavy atom. The molecule has 0 bridgehead atoms. The van der Waals surface area contributed by atoms with Crippen molar-refractivity contribution in [2.24, 2.45) is 0 Å². The molecule has 0 saturated carbocycles. The van der Waals surface area contributed by atoms with Gasteiger partial charge >= 0.3 is 6.09 Å². The number of nitrogens with zero attached hydrogens (tertiary/aromatic N) is 2. The molecule has 6 nitrogen and oxygen atoms in total. The van der Waals surface area contributed by atoms with E-state index in [-0.39, 0.29) is 23.6 Å². The van der Waals surface area contributed by atoms with Crippen LogP contribution in [-0.2, 0) is 11.3 Å². The summed E-state index contributed by atoms with van der Waals surface area (Å²) in [5, 5.41) is 10.4. The Labute approximate surface area is 147 Å². The van der Waals surface area contributed by atoms with Crippen molar-refractivity contribution < 1.29 is 14.4 Å². The summed E-state index contributed by atoms with van der Waals surface area (Å²) in [4.78, 5) is 18.2. The van der Waals surface area contributed by atoms with Crippen LogP contribution in [0.4, 0.5) is 10.5 Å². The molecule has 2 N–H and O–H groups in total. The van der Waals surface area contributed by atoms with E-state index >= 15 is 0 Å². The number of nitrogens with two attached hydrogens (primary N) is 1. The number of hydrogen-bond donors (Lipinski definition) is 1. The zero-order valence-corrected chi connectivity index (χ0v) is 14.5. The predicted molar refractivity (Wildman–Crippen MR) is 94.4 cm³/mol. The molecule has 2 aromatic carbocycles. The number of carbonyl (C=O) groups excluding carboxylic acids is 1. The number of nitrogen functional groups attached to an aromatic ring is 1. The Bertz CT molecular complexity index is 777. The summed E-state index contributed by atoms with van der Waals surface area (Å²) in [6, 6.07) is 16.2. The third-order valence-corrected chi connectivity index (χ3v) is 3.34. The second-order valence-corrected chi connectivity index (χ2v) is 6.43. The molecule has 25 heavy (non-hydrogen) atoms. The second-order valence-electron chi connectivity index (χ2n) is 6.43. The Morgan fingerprint density at radius 2 is 1.84 bits per heavy atom. The first-order valence-electron chi connectivity index (χ1n) is 7.80. The summed E-state index contributed by atoms with van der Waals surface area (Å²) < 4.78 is 5.34. The highest BCUT2D eigenvalue weighted by Gasteiger charge is 2.31. The number of nitriles is 1. The highest BCUT2D eigenvalue weighted by molar-refractivity contribution is 5.68. The van der Waals surface area contributed by atoms with Gasteiger partial charge in [0.25, 0.3) is 0 Å². The number of carbonyl (C=O) groups is 1. The van der Waals surface area contributed by atoms with Gasteiger partial charge in [-0.1, -0.05) is 36.4 Å². The molecule has 2 aromatic rings. The fourth-order valence-corrected chi connectivity index (χ4v) is 2.07. The molecule has 0 aromatic heterocycles. The van der Waals surface area contributed by atoms with Crippen molar-refractivity contribution in [1.29, 1.82) is 5.26 Å². The van der Waals surface area contributed by atoms with Crippen LogP contribution in [-0.4, -0.2) is 16.7 Å². The fourth-order valence-electron chi connectivity index (χ4n) is 2.07. The number of hydrogen-bond acceptors (Lipinski definition) is 5. The van der Waals surface area contributed by atoms with Gasteiger partial charge in [0.15, 0.2) is 5.75 Å². The third kappa shape index (κ3) is 4.64. The molecule has 0 radical (unpaired) electrons.